The van der Waals surface area contributed by atoms with Gasteiger partial charge >= 0.3 is 6.09 Å². The number of phenols is 1. The number of pyridine rings is 1. The molecule has 1 aromatic heterocycles. The van der Waals surface area contributed by atoms with E-state index in [1.807, 2.05) is 97.1 Å². The fourth-order valence-electron chi connectivity index (χ4n) is 8.79. The van der Waals surface area contributed by atoms with Crippen molar-refractivity contribution in [2.24, 2.45) is 5.92 Å². The number of ether oxygens (including phenoxy) is 2. The Morgan fingerprint density at radius 3 is 2.35 bits per heavy atom. The van der Waals surface area contributed by atoms with Gasteiger partial charge in [-0.25, -0.2) is 4.79 Å². The first-order valence-corrected chi connectivity index (χ1v) is 22.8. The summed E-state index contributed by atoms with van der Waals surface area (Å²) in [5, 5.41) is 24.8. The number of phenolic OH excluding ortho intramolecular Hbond substituents is 1. The zero-order valence-electron chi connectivity index (χ0n) is 38.0. The van der Waals surface area contributed by atoms with E-state index in [2.05, 4.69) is 22.1 Å². The monoisotopic (exact) mass is 892 g/mol. The van der Waals surface area contributed by atoms with Crippen molar-refractivity contribution < 1.29 is 34.1 Å². The number of carbonyl (C=O) groups excluding carboxylic acids is 3. The fourth-order valence-corrected chi connectivity index (χ4v) is 8.79. The van der Waals surface area contributed by atoms with Crippen LogP contribution in [-0.4, -0.2) is 77.8 Å². The predicted octanol–water partition coefficient (Wildman–Crippen LogP) is 9.41. The van der Waals surface area contributed by atoms with Crippen molar-refractivity contribution in [1.29, 1.82) is 0 Å². The van der Waals surface area contributed by atoms with Crippen LogP contribution in [0, 0.1) is 5.92 Å². The lowest BCUT2D eigenvalue weighted by Gasteiger charge is -2.31. The van der Waals surface area contributed by atoms with Crippen LogP contribution >= 0.6 is 0 Å². The number of nitrogens with zero attached hydrogens (tertiary/aromatic N) is 2. The van der Waals surface area contributed by atoms with Gasteiger partial charge < -0.3 is 34.5 Å². The van der Waals surface area contributed by atoms with Crippen LogP contribution in [0.2, 0.25) is 0 Å². The highest BCUT2D eigenvalue weighted by Gasteiger charge is 2.24. The second-order valence-corrected chi connectivity index (χ2v) is 17.4. The van der Waals surface area contributed by atoms with Gasteiger partial charge in [-0.05, 0) is 103 Å². The zero-order chi connectivity index (χ0) is 46.6. The van der Waals surface area contributed by atoms with Gasteiger partial charge in [0.2, 0.25) is 11.5 Å². The number of aryl methyl sites for hydroxylation is 1. The largest absolute Gasteiger partial charge is 0.506 e. The third kappa shape index (κ3) is 12.5. The van der Waals surface area contributed by atoms with Crippen LogP contribution < -0.4 is 20.5 Å². The number of anilines is 2. The first kappa shape index (κ1) is 47.2. The van der Waals surface area contributed by atoms with E-state index in [4.69, 9.17) is 9.47 Å². The summed E-state index contributed by atoms with van der Waals surface area (Å²) < 4.78 is 11.4. The molecule has 66 heavy (non-hydrogen) atoms. The van der Waals surface area contributed by atoms with Crippen LogP contribution in [0.4, 0.5) is 16.2 Å². The summed E-state index contributed by atoms with van der Waals surface area (Å²) in [7, 11) is 3.39. The Labute approximate surface area is 386 Å². The number of likely N-dealkylation sites (tertiary alicyclic amines) is 1. The highest BCUT2D eigenvalue weighted by Crippen LogP contribution is 2.33. The van der Waals surface area contributed by atoms with Gasteiger partial charge in [0.1, 0.15) is 23.4 Å². The van der Waals surface area contributed by atoms with Crippen LogP contribution in [0.15, 0.2) is 126 Å². The maximum Gasteiger partial charge on any atom is 0.411 e. The molecule has 0 aliphatic carbocycles. The molecule has 2 heterocycles. The van der Waals surface area contributed by atoms with Gasteiger partial charge in [0, 0.05) is 74.2 Å². The highest BCUT2D eigenvalue weighted by molar-refractivity contribution is 5.93. The number of aromatic amines is 1. The van der Waals surface area contributed by atoms with Crippen LogP contribution in [0.3, 0.4) is 0 Å². The number of carbonyl (C=O) groups is 3. The van der Waals surface area contributed by atoms with Crippen LogP contribution in [0.5, 0.6) is 11.5 Å². The molecule has 1 saturated heterocycles. The number of fused-ring (bicyclic) bond motifs is 1. The molecule has 5 aromatic carbocycles. The molecule has 1 fully saturated rings. The summed E-state index contributed by atoms with van der Waals surface area (Å²) in [6.45, 7) is 4.23. The Morgan fingerprint density at radius 2 is 1.59 bits per heavy atom. The number of amides is 2. The van der Waals surface area contributed by atoms with Crippen molar-refractivity contribution in [2.45, 2.75) is 76.9 Å². The van der Waals surface area contributed by atoms with Crippen molar-refractivity contribution in [3.8, 4) is 22.6 Å². The molecule has 2 amide bonds. The third-order valence-corrected chi connectivity index (χ3v) is 12.6. The number of hydrogen-bond donors (Lipinski definition) is 4. The molecule has 1 aliphatic rings. The Hall–Kier alpha value is -6.76. The number of H-pyrrole nitrogens is 1. The SMILES string of the molecule is COc1ccc(CC(C)CC[C@H](O)c2ccc(O)c3[nH]c(=O)ccc23)cc1CC(=O)CCc1ccc(N(C)C(=O)CCN2CCC(OC(=O)Nc3ccccc3-c3ccccc3)CC2)cc1. The molecule has 1 aliphatic heterocycles. The minimum atomic E-state index is -0.766. The molecular weight excluding hydrogens is 833 g/mol. The van der Waals surface area contributed by atoms with Gasteiger partial charge in [0.15, 0.2) is 0 Å². The van der Waals surface area contributed by atoms with Crippen molar-refractivity contribution >= 4 is 40.1 Å². The number of methoxy groups -OCH3 is 1. The minimum absolute atomic E-state index is 0.0123. The summed E-state index contributed by atoms with van der Waals surface area (Å²) in [5.74, 6) is 0.981. The maximum absolute atomic E-state index is 13.3. The van der Waals surface area contributed by atoms with Crippen molar-refractivity contribution in [3.63, 3.8) is 0 Å². The number of para-hydroxylation sites is 1. The molecule has 1 unspecified atom stereocenters. The average molecular weight is 893 g/mol. The molecule has 7 rings (SSSR count). The van der Waals surface area contributed by atoms with Gasteiger partial charge in [0.05, 0.1) is 24.4 Å². The molecule has 2 atom stereocenters. The molecule has 12 heteroatoms. The van der Waals surface area contributed by atoms with Crippen LogP contribution in [0.25, 0.3) is 22.0 Å². The van der Waals surface area contributed by atoms with Crippen molar-refractivity contribution in [2.75, 3.05) is 44.0 Å². The highest BCUT2D eigenvalue weighted by atomic mass is 16.6. The number of aliphatic hydroxyl groups is 1. The van der Waals surface area contributed by atoms with E-state index in [1.165, 1.54) is 12.1 Å². The lowest BCUT2D eigenvalue weighted by Crippen LogP contribution is -2.40. The van der Waals surface area contributed by atoms with Gasteiger partial charge in [-0.3, -0.25) is 19.7 Å². The quantitative estimate of drug-likeness (QED) is 0.0621. The number of aromatic nitrogens is 1. The first-order valence-electron chi connectivity index (χ1n) is 22.8. The molecule has 344 valence electrons. The Bertz CT molecular complexity index is 2660. The number of hydrogen-bond acceptors (Lipinski definition) is 9. The minimum Gasteiger partial charge on any atom is -0.506 e. The third-order valence-electron chi connectivity index (χ3n) is 12.6. The number of aromatic hydroxyl groups is 1. The lowest BCUT2D eigenvalue weighted by atomic mass is 9.91. The second-order valence-electron chi connectivity index (χ2n) is 17.4. The first-order chi connectivity index (χ1) is 31.9. The second kappa shape index (κ2) is 22.4. The van der Waals surface area contributed by atoms with Gasteiger partial charge in [-0.1, -0.05) is 85.8 Å². The summed E-state index contributed by atoms with van der Waals surface area (Å²) in [4.78, 5) is 57.7. The fraction of sp³-hybridized carbons (Fsp3) is 0.333. The zero-order valence-corrected chi connectivity index (χ0v) is 38.0. The smallest absolute Gasteiger partial charge is 0.411 e. The number of nitrogens with one attached hydrogen (secondary N) is 2. The standard InChI is InChI=1S/C54H60N4O8/c1-36(13-23-48(60)45-21-24-49(61)53-46(45)22-26-51(62)56-53)33-38-17-25-50(65-3)40(34-38)35-42(59)20-16-37-14-18-41(19-15-37)57(2)52(63)29-32-58-30-27-43(28-31-58)66-54(64)55-47-12-8-7-11-44(47)39-9-5-4-6-10-39/h4-12,14-15,17-19,21-22,24-26,34,36,43,48,60-61H,13,16,20,23,27-33,35H2,1-3H3,(H,55,64)(H,56,62)/t36?,48-/m0/s1. The number of Topliss-reactive ketones (excluding diaryl/α,β-unsaturated/α-hetero) is 1. The molecule has 0 bridgehead atoms. The number of rotatable bonds is 19. The van der Waals surface area contributed by atoms with E-state index < -0.39 is 12.2 Å². The Kier molecular flexibility index (Phi) is 16.0. The number of aliphatic hydroxyl groups excluding tert-OH is 1. The summed E-state index contributed by atoms with van der Waals surface area (Å²) >= 11 is 0. The number of benzene rings is 5. The van der Waals surface area contributed by atoms with Crippen LogP contribution in [-0.2, 0) is 33.6 Å². The molecule has 12 nitrogen and oxygen atoms in total. The topological polar surface area (TPSA) is 161 Å². The van der Waals surface area contributed by atoms with E-state index >= 15 is 0 Å². The van der Waals surface area contributed by atoms with Gasteiger partial charge in [-0.15, -0.1) is 0 Å². The van der Waals surface area contributed by atoms with Crippen molar-refractivity contribution in [1.82, 2.24) is 9.88 Å². The molecule has 6 aromatic rings. The lowest BCUT2D eigenvalue weighted by molar-refractivity contribution is -0.119. The average Bonchev–Trinajstić information content (AvgIpc) is 3.33. The van der Waals surface area contributed by atoms with E-state index in [9.17, 15) is 29.4 Å². The van der Waals surface area contributed by atoms with Gasteiger partial charge in [-0.2, -0.15) is 0 Å². The Balaban J connectivity index is 0.814. The summed E-state index contributed by atoms with van der Waals surface area (Å²) in [6.07, 6.45) is 3.53. The number of ketones is 1. The molecule has 4 N–H and O–H groups in total. The number of piperidine rings is 1. The molecule has 0 spiro atoms. The van der Waals surface area contributed by atoms with Crippen molar-refractivity contribution in [3.05, 3.63) is 154 Å². The van der Waals surface area contributed by atoms with Crippen LogP contribution in [0.1, 0.15) is 73.8 Å². The molecule has 0 radical (unpaired) electrons. The van der Waals surface area contributed by atoms with E-state index in [-0.39, 0.29) is 41.4 Å². The molecular formula is C54H60N4O8. The summed E-state index contributed by atoms with van der Waals surface area (Å²) in [5.41, 5.74) is 7.03. The maximum atomic E-state index is 13.3. The molecule has 0 saturated carbocycles. The van der Waals surface area contributed by atoms with E-state index in [0.717, 1.165) is 59.4 Å². The Morgan fingerprint density at radius 1 is 0.864 bits per heavy atom. The normalized spacial score (nSPS) is 14.1. The van der Waals surface area contributed by atoms with E-state index in [0.29, 0.717) is 73.0 Å². The van der Waals surface area contributed by atoms with Gasteiger partial charge in [0.25, 0.3) is 0 Å². The van der Waals surface area contributed by atoms with E-state index in [1.54, 1.807) is 31.2 Å². The predicted molar refractivity (Wildman–Crippen MR) is 259 cm³/mol. The summed E-state index contributed by atoms with van der Waals surface area (Å²) in [6, 6.07) is 37.5.